The van der Waals surface area contributed by atoms with Gasteiger partial charge < -0.3 is 9.80 Å². The molecule has 0 N–H and O–H groups in total. The second-order valence-electron chi connectivity index (χ2n) is 7.53. The number of para-hydroxylation sites is 1. The van der Waals surface area contributed by atoms with Gasteiger partial charge in [0.2, 0.25) is 5.91 Å². The Morgan fingerprint density at radius 3 is 2.93 bits per heavy atom. The van der Waals surface area contributed by atoms with Gasteiger partial charge in [-0.05, 0) is 37.5 Å². The van der Waals surface area contributed by atoms with Gasteiger partial charge in [0.1, 0.15) is 5.82 Å². The van der Waals surface area contributed by atoms with Crippen molar-refractivity contribution in [3.63, 3.8) is 0 Å². The van der Waals surface area contributed by atoms with Crippen LogP contribution in [0.25, 0.3) is 10.9 Å². The van der Waals surface area contributed by atoms with Crippen LogP contribution in [0.4, 0.5) is 11.5 Å². The van der Waals surface area contributed by atoms with Gasteiger partial charge in [0.15, 0.2) is 0 Å². The highest BCUT2D eigenvalue weighted by atomic mass is 16.2. The van der Waals surface area contributed by atoms with Gasteiger partial charge in [0, 0.05) is 37.6 Å². The number of hydrogen-bond donors (Lipinski definition) is 0. The Kier molecular flexibility index (Phi) is 3.85. The van der Waals surface area contributed by atoms with Gasteiger partial charge in [-0.15, -0.1) is 0 Å². The van der Waals surface area contributed by atoms with E-state index in [4.69, 9.17) is 4.98 Å². The van der Waals surface area contributed by atoms with Crippen molar-refractivity contribution in [2.45, 2.75) is 32.2 Å². The maximum absolute atomic E-state index is 12.0. The lowest BCUT2D eigenvalue weighted by atomic mass is 10.1. The Morgan fingerprint density at radius 1 is 1.19 bits per heavy atom. The van der Waals surface area contributed by atoms with Gasteiger partial charge in [0.05, 0.1) is 23.4 Å². The van der Waals surface area contributed by atoms with E-state index >= 15 is 0 Å². The molecule has 5 rings (SSSR count). The lowest BCUT2D eigenvalue weighted by molar-refractivity contribution is -0.117. The third kappa shape index (κ3) is 2.85. The molecule has 2 saturated heterocycles. The van der Waals surface area contributed by atoms with Crippen LogP contribution in [0.3, 0.4) is 0 Å². The van der Waals surface area contributed by atoms with E-state index in [-0.39, 0.29) is 5.91 Å². The highest BCUT2D eigenvalue weighted by molar-refractivity contribution is 5.95. The molecule has 0 bridgehead atoms. The highest BCUT2D eigenvalue weighted by Crippen LogP contribution is 2.30. The number of anilines is 2. The molecule has 138 valence electrons. The van der Waals surface area contributed by atoms with Crippen molar-refractivity contribution >= 4 is 28.3 Å². The zero-order valence-corrected chi connectivity index (χ0v) is 15.5. The first-order valence-corrected chi connectivity index (χ1v) is 9.65. The fourth-order valence-electron chi connectivity index (χ4n) is 4.25. The molecule has 6 heteroatoms. The number of rotatable bonds is 3. The monoisotopic (exact) mass is 361 g/mol. The molecule has 0 saturated carbocycles. The van der Waals surface area contributed by atoms with Crippen LogP contribution in [0.5, 0.6) is 0 Å². The molecule has 1 atom stereocenters. The summed E-state index contributed by atoms with van der Waals surface area (Å²) in [5, 5.41) is 5.76. The fourth-order valence-corrected chi connectivity index (χ4v) is 4.25. The molecule has 4 heterocycles. The summed E-state index contributed by atoms with van der Waals surface area (Å²) in [6, 6.07) is 10.8. The normalized spacial score (nSPS) is 20.2. The van der Waals surface area contributed by atoms with Gasteiger partial charge in [-0.3, -0.25) is 9.48 Å². The summed E-state index contributed by atoms with van der Waals surface area (Å²) in [6.07, 6.45) is 6.47. The minimum atomic E-state index is 0.207. The predicted molar refractivity (Wildman–Crippen MR) is 106 cm³/mol. The van der Waals surface area contributed by atoms with Crippen molar-refractivity contribution < 1.29 is 4.79 Å². The first-order valence-electron chi connectivity index (χ1n) is 9.65. The molecule has 2 aliphatic heterocycles. The first-order chi connectivity index (χ1) is 13.2. The summed E-state index contributed by atoms with van der Waals surface area (Å²) in [6.45, 7) is 4.81. The quantitative estimate of drug-likeness (QED) is 0.718. The second kappa shape index (κ2) is 6.37. The second-order valence-corrected chi connectivity index (χ2v) is 7.53. The number of nitrogens with zero attached hydrogens (tertiary/aromatic N) is 5. The van der Waals surface area contributed by atoms with Crippen LogP contribution in [0.15, 0.2) is 42.7 Å². The molecule has 6 nitrogen and oxygen atoms in total. The Balaban J connectivity index is 1.36. The molecule has 0 aliphatic carbocycles. The molecule has 1 amide bonds. The molecular formula is C21H23N5O. The van der Waals surface area contributed by atoms with E-state index in [2.05, 4.69) is 41.2 Å². The summed E-state index contributed by atoms with van der Waals surface area (Å²) in [7, 11) is 0. The molecule has 0 radical (unpaired) electrons. The van der Waals surface area contributed by atoms with Gasteiger partial charge in [-0.1, -0.05) is 18.2 Å². The number of aromatic nitrogens is 3. The van der Waals surface area contributed by atoms with E-state index in [0.29, 0.717) is 12.5 Å². The van der Waals surface area contributed by atoms with E-state index in [9.17, 15) is 4.79 Å². The molecule has 2 aliphatic rings. The average Bonchev–Trinajstić information content (AvgIpc) is 3.41. The number of fused-ring (bicyclic) bond motifs is 1. The summed E-state index contributed by atoms with van der Waals surface area (Å²) < 4.78 is 2.02. The third-order valence-electron chi connectivity index (χ3n) is 5.74. The molecular weight excluding hydrogens is 338 g/mol. The van der Waals surface area contributed by atoms with Crippen LogP contribution < -0.4 is 9.80 Å². The Hall–Kier alpha value is -2.89. The largest absolute Gasteiger partial charge is 0.354 e. The zero-order chi connectivity index (χ0) is 18.4. The number of benzene rings is 1. The van der Waals surface area contributed by atoms with E-state index in [1.807, 2.05) is 28.0 Å². The van der Waals surface area contributed by atoms with Crippen LogP contribution in [0.2, 0.25) is 0 Å². The number of carbonyl (C=O) groups excluding carboxylic acids is 1. The molecule has 2 aromatic heterocycles. The molecule has 2 fully saturated rings. The highest BCUT2D eigenvalue weighted by Gasteiger charge is 2.28. The Bertz CT molecular complexity index is 1010. The van der Waals surface area contributed by atoms with E-state index in [0.717, 1.165) is 49.5 Å². The van der Waals surface area contributed by atoms with E-state index in [1.54, 1.807) is 0 Å². The lowest BCUT2D eigenvalue weighted by Gasteiger charge is -2.19. The van der Waals surface area contributed by atoms with E-state index < -0.39 is 0 Å². The van der Waals surface area contributed by atoms with Crippen LogP contribution in [0.1, 0.15) is 30.9 Å². The summed E-state index contributed by atoms with van der Waals surface area (Å²) in [5.74, 6) is 1.24. The van der Waals surface area contributed by atoms with Crippen molar-refractivity contribution in [2.24, 2.45) is 0 Å². The maximum Gasteiger partial charge on any atom is 0.227 e. The van der Waals surface area contributed by atoms with E-state index in [1.165, 1.54) is 10.9 Å². The van der Waals surface area contributed by atoms with Gasteiger partial charge in [0.25, 0.3) is 0 Å². The number of amides is 1. The van der Waals surface area contributed by atoms with Crippen LogP contribution in [0, 0.1) is 6.92 Å². The molecule has 3 aromatic rings. The smallest absolute Gasteiger partial charge is 0.227 e. The maximum atomic E-state index is 12.0. The van der Waals surface area contributed by atoms with Crippen LogP contribution >= 0.6 is 0 Å². The SMILES string of the molecule is Cc1cc(N2CCC(n3cc(N4CCCC4=O)cn3)C2)nc2ccccc12. The van der Waals surface area contributed by atoms with Crippen molar-refractivity contribution in [1.82, 2.24) is 14.8 Å². The molecule has 27 heavy (non-hydrogen) atoms. The summed E-state index contributed by atoms with van der Waals surface area (Å²) in [4.78, 5) is 21.0. The van der Waals surface area contributed by atoms with Crippen molar-refractivity contribution in [2.75, 3.05) is 29.4 Å². The minimum absolute atomic E-state index is 0.207. The average molecular weight is 361 g/mol. The Labute approximate surface area is 158 Å². The number of hydrogen-bond acceptors (Lipinski definition) is 4. The van der Waals surface area contributed by atoms with Crippen molar-refractivity contribution in [3.05, 3.63) is 48.3 Å². The third-order valence-corrected chi connectivity index (χ3v) is 5.74. The molecule has 0 spiro atoms. The standard InChI is InChI=1S/C21H23N5O/c1-15-11-20(23-19-6-3-2-5-18(15)19)24-10-8-16(13-24)26-14-17(12-22-26)25-9-4-7-21(25)27/h2-3,5-6,11-12,14,16H,4,7-10,13H2,1H3. The zero-order valence-electron chi connectivity index (χ0n) is 15.5. The Morgan fingerprint density at radius 2 is 2.07 bits per heavy atom. The van der Waals surface area contributed by atoms with Gasteiger partial charge in [-0.25, -0.2) is 4.98 Å². The molecule has 1 aromatic carbocycles. The van der Waals surface area contributed by atoms with Gasteiger partial charge in [-0.2, -0.15) is 5.10 Å². The number of aryl methyl sites for hydroxylation is 1. The van der Waals surface area contributed by atoms with Crippen molar-refractivity contribution in [3.8, 4) is 0 Å². The topological polar surface area (TPSA) is 54.3 Å². The minimum Gasteiger partial charge on any atom is -0.354 e. The lowest BCUT2D eigenvalue weighted by Crippen LogP contribution is -2.23. The number of carbonyl (C=O) groups is 1. The molecule has 1 unspecified atom stereocenters. The summed E-state index contributed by atoms with van der Waals surface area (Å²) in [5.41, 5.74) is 3.23. The van der Waals surface area contributed by atoms with Crippen molar-refractivity contribution in [1.29, 1.82) is 0 Å². The van der Waals surface area contributed by atoms with Gasteiger partial charge >= 0.3 is 0 Å². The fraction of sp³-hybridized carbons (Fsp3) is 0.381. The summed E-state index contributed by atoms with van der Waals surface area (Å²) >= 11 is 0. The first kappa shape index (κ1) is 16.3. The van der Waals surface area contributed by atoms with Crippen LogP contribution in [-0.4, -0.2) is 40.3 Å². The predicted octanol–water partition coefficient (Wildman–Crippen LogP) is 3.32. The van der Waals surface area contributed by atoms with Crippen LogP contribution in [-0.2, 0) is 4.79 Å². The number of pyridine rings is 1.